The largest absolute Gasteiger partial charge is 0.424 e. The van der Waals surface area contributed by atoms with Crippen LogP contribution >= 0.6 is 0 Å². The third-order valence-corrected chi connectivity index (χ3v) is 4.50. The Morgan fingerprint density at radius 3 is 2.77 bits per heavy atom. The Hall–Kier alpha value is -1.72. The molecule has 1 aliphatic heterocycles. The molecule has 0 radical (unpaired) electrons. The van der Waals surface area contributed by atoms with Crippen molar-refractivity contribution in [1.29, 1.82) is 0 Å². The van der Waals surface area contributed by atoms with E-state index in [1.165, 1.54) is 0 Å². The fraction of sp³-hybridized carbons (Fsp3) is 0.529. The molecule has 118 valence electrons. The van der Waals surface area contributed by atoms with E-state index in [-0.39, 0.29) is 6.04 Å². The number of aliphatic hydroxyl groups excluding tert-OH is 1. The van der Waals surface area contributed by atoms with Gasteiger partial charge in [-0.3, -0.25) is 4.90 Å². The Morgan fingerprint density at radius 1 is 1.32 bits per heavy atom. The van der Waals surface area contributed by atoms with Gasteiger partial charge in [0.2, 0.25) is 11.8 Å². The molecule has 22 heavy (non-hydrogen) atoms. The maximum atomic E-state index is 10.5. The minimum Gasteiger partial charge on any atom is -0.424 e. The fourth-order valence-corrected chi connectivity index (χ4v) is 3.31. The molecule has 3 atom stereocenters. The zero-order chi connectivity index (χ0) is 15.5. The van der Waals surface area contributed by atoms with E-state index in [4.69, 9.17) is 4.42 Å². The Morgan fingerprint density at radius 2 is 2.09 bits per heavy atom. The van der Waals surface area contributed by atoms with E-state index in [9.17, 15) is 5.11 Å². The molecule has 0 spiro atoms. The Labute approximate surface area is 131 Å². The number of aliphatic hydroxyl groups is 1. The van der Waals surface area contributed by atoms with E-state index in [1.807, 2.05) is 37.3 Å². The van der Waals surface area contributed by atoms with Crippen molar-refractivity contribution in [2.75, 3.05) is 6.54 Å². The van der Waals surface area contributed by atoms with Crippen LogP contribution in [0.2, 0.25) is 0 Å². The molecule has 0 saturated carbocycles. The Kier molecular flexibility index (Phi) is 4.55. The molecule has 0 aliphatic carbocycles. The molecule has 2 aromatic rings. The summed E-state index contributed by atoms with van der Waals surface area (Å²) in [5, 5.41) is 18.5. The normalized spacial score (nSPS) is 21.9. The summed E-state index contributed by atoms with van der Waals surface area (Å²) in [6.45, 7) is 4.92. The van der Waals surface area contributed by atoms with Crippen LogP contribution in [-0.2, 0) is 0 Å². The van der Waals surface area contributed by atoms with Gasteiger partial charge in [-0.15, -0.1) is 10.2 Å². The number of nitrogens with zero attached hydrogens (tertiary/aromatic N) is 3. The lowest BCUT2D eigenvalue weighted by molar-refractivity contribution is 0.0954. The summed E-state index contributed by atoms with van der Waals surface area (Å²) in [6.07, 6.45) is 2.55. The molecular formula is C17H23N3O2. The van der Waals surface area contributed by atoms with E-state index in [0.29, 0.717) is 17.8 Å². The van der Waals surface area contributed by atoms with E-state index in [1.54, 1.807) is 0 Å². The van der Waals surface area contributed by atoms with Crippen molar-refractivity contribution in [2.45, 2.75) is 51.3 Å². The number of likely N-dealkylation sites (tertiary alicyclic amines) is 1. The summed E-state index contributed by atoms with van der Waals surface area (Å²) in [7, 11) is 0. The second-order valence-electron chi connectivity index (χ2n) is 6.03. The van der Waals surface area contributed by atoms with Crippen LogP contribution in [0.15, 0.2) is 34.7 Å². The predicted molar refractivity (Wildman–Crippen MR) is 83.2 cm³/mol. The second kappa shape index (κ2) is 6.58. The van der Waals surface area contributed by atoms with Gasteiger partial charge in [0.15, 0.2) is 0 Å². The monoisotopic (exact) mass is 301 g/mol. The van der Waals surface area contributed by atoms with Crippen LogP contribution in [0.25, 0.3) is 0 Å². The number of hydrogen-bond donors (Lipinski definition) is 1. The molecule has 2 heterocycles. The van der Waals surface area contributed by atoms with Crippen LogP contribution in [0, 0.1) is 6.92 Å². The molecule has 1 aromatic carbocycles. The van der Waals surface area contributed by atoms with Gasteiger partial charge >= 0.3 is 0 Å². The van der Waals surface area contributed by atoms with Crippen LogP contribution in [0.1, 0.15) is 55.7 Å². The van der Waals surface area contributed by atoms with E-state index >= 15 is 0 Å². The van der Waals surface area contributed by atoms with Crippen LogP contribution in [0.3, 0.4) is 0 Å². The highest BCUT2D eigenvalue weighted by molar-refractivity contribution is 5.17. The molecule has 1 fully saturated rings. The maximum absolute atomic E-state index is 10.5. The molecule has 5 heteroatoms. The van der Waals surface area contributed by atoms with Crippen LogP contribution < -0.4 is 0 Å². The average Bonchev–Trinajstić information content (AvgIpc) is 3.16. The first-order valence-electron chi connectivity index (χ1n) is 7.94. The molecular weight excluding hydrogens is 278 g/mol. The van der Waals surface area contributed by atoms with Gasteiger partial charge in [0.05, 0.1) is 12.1 Å². The highest BCUT2D eigenvalue weighted by Gasteiger charge is 2.33. The van der Waals surface area contributed by atoms with Gasteiger partial charge in [0, 0.05) is 13.0 Å². The van der Waals surface area contributed by atoms with Crippen LogP contribution in [0.5, 0.6) is 0 Å². The summed E-state index contributed by atoms with van der Waals surface area (Å²) in [4.78, 5) is 2.37. The van der Waals surface area contributed by atoms with Crippen molar-refractivity contribution in [2.24, 2.45) is 0 Å². The molecule has 1 aromatic heterocycles. The van der Waals surface area contributed by atoms with Crippen molar-refractivity contribution in [3.8, 4) is 0 Å². The summed E-state index contributed by atoms with van der Waals surface area (Å²) < 4.78 is 5.57. The Balaban J connectivity index is 1.68. The van der Waals surface area contributed by atoms with Crippen LogP contribution in [-0.4, -0.2) is 32.8 Å². The number of aromatic nitrogens is 2. The predicted octanol–water partition coefficient (Wildman–Crippen LogP) is 3.03. The third-order valence-electron chi connectivity index (χ3n) is 4.50. The zero-order valence-corrected chi connectivity index (χ0v) is 13.1. The molecule has 1 N–H and O–H groups in total. The van der Waals surface area contributed by atoms with Crippen molar-refractivity contribution < 1.29 is 9.52 Å². The summed E-state index contributed by atoms with van der Waals surface area (Å²) >= 11 is 0. The molecule has 1 aliphatic rings. The number of hydrogen-bond acceptors (Lipinski definition) is 5. The van der Waals surface area contributed by atoms with Gasteiger partial charge in [-0.05, 0) is 38.3 Å². The van der Waals surface area contributed by atoms with Gasteiger partial charge in [-0.25, -0.2) is 0 Å². The highest BCUT2D eigenvalue weighted by atomic mass is 16.4. The number of benzene rings is 1. The smallest absolute Gasteiger partial charge is 0.233 e. The van der Waals surface area contributed by atoms with Crippen molar-refractivity contribution in [3.05, 3.63) is 47.7 Å². The first kappa shape index (κ1) is 15.2. The van der Waals surface area contributed by atoms with Gasteiger partial charge in [-0.2, -0.15) is 0 Å². The quantitative estimate of drug-likeness (QED) is 0.919. The molecule has 5 nitrogen and oxygen atoms in total. The van der Waals surface area contributed by atoms with Crippen molar-refractivity contribution in [3.63, 3.8) is 0 Å². The topological polar surface area (TPSA) is 62.4 Å². The van der Waals surface area contributed by atoms with E-state index in [0.717, 1.165) is 31.4 Å². The maximum Gasteiger partial charge on any atom is 0.233 e. The van der Waals surface area contributed by atoms with Gasteiger partial charge in [-0.1, -0.05) is 30.3 Å². The van der Waals surface area contributed by atoms with Crippen LogP contribution in [0.4, 0.5) is 0 Å². The first-order valence-corrected chi connectivity index (χ1v) is 7.94. The zero-order valence-electron chi connectivity index (χ0n) is 13.1. The second-order valence-corrected chi connectivity index (χ2v) is 6.03. The molecule has 3 unspecified atom stereocenters. The summed E-state index contributed by atoms with van der Waals surface area (Å²) in [5.74, 6) is 1.26. The average molecular weight is 301 g/mol. The molecule has 3 rings (SSSR count). The standard InChI is InChI=1S/C17H23N3O2/c1-12(17-19-18-13(2)22-17)20-10-6-9-15(20)11-16(21)14-7-4-3-5-8-14/h3-5,7-8,12,15-16,21H,6,9-11H2,1-2H3. The first-order chi connectivity index (χ1) is 10.6. The lowest BCUT2D eigenvalue weighted by Crippen LogP contribution is -2.33. The SMILES string of the molecule is Cc1nnc(C(C)N2CCCC2CC(O)c2ccccc2)o1. The molecule has 0 bridgehead atoms. The Bertz CT molecular complexity index is 599. The van der Waals surface area contributed by atoms with Gasteiger partial charge in [0.25, 0.3) is 0 Å². The molecule has 0 amide bonds. The summed E-state index contributed by atoms with van der Waals surface area (Å²) in [6, 6.07) is 10.3. The van der Waals surface area contributed by atoms with Gasteiger partial charge < -0.3 is 9.52 Å². The fourth-order valence-electron chi connectivity index (χ4n) is 3.31. The summed E-state index contributed by atoms with van der Waals surface area (Å²) in [5.41, 5.74) is 0.982. The lowest BCUT2D eigenvalue weighted by Gasteiger charge is -2.30. The third kappa shape index (κ3) is 3.20. The highest BCUT2D eigenvalue weighted by Crippen LogP contribution is 2.33. The minimum absolute atomic E-state index is 0.0941. The van der Waals surface area contributed by atoms with Crippen molar-refractivity contribution >= 4 is 0 Å². The van der Waals surface area contributed by atoms with Gasteiger partial charge in [0.1, 0.15) is 0 Å². The minimum atomic E-state index is -0.427. The van der Waals surface area contributed by atoms with E-state index < -0.39 is 6.10 Å². The van der Waals surface area contributed by atoms with Crippen molar-refractivity contribution in [1.82, 2.24) is 15.1 Å². The number of rotatable bonds is 5. The van der Waals surface area contributed by atoms with E-state index in [2.05, 4.69) is 22.0 Å². The number of aryl methyl sites for hydroxylation is 1. The lowest BCUT2D eigenvalue weighted by atomic mass is 10.00. The molecule has 1 saturated heterocycles.